The summed E-state index contributed by atoms with van der Waals surface area (Å²) in [7, 11) is -1.26. The number of allylic oxidation sites excluding steroid dienone is 1. The summed E-state index contributed by atoms with van der Waals surface area (Å²) in [4.78, 5) is 10.2. The van der Waals surface area contributed by atoms with Crippen LogP contribution in [0.15, 0.2) is 6.08 Å². The molecule has 0 aromatic rings. The molecule has 0 radical (unpaired) electrons. The first kappa shape index (κ1) is 13.3. The zero-order valence-electron chi connectivity index (χ0n) is 8.12. The second kappa shape index (κ2) is 5.93. The lowest BCUT2D eigenvalue weighted by molar-refractivity contribution is -0.00000458. The Labute approximate surface area is 90.9 Å². The molecule has 1 rings (SSSR count). The van der Waals surface area contributed by atoms with Gasteiger partial charge in [-0.3, -0.25) is 0 Å². The summed E-state index contributed by atoms with van der Waals surface area (Å²) in [6, 6.07) is 0. The topological polar surface area (TPSA) is 26.3 Å². The lowest BCUT2D eigenvalue weighted by Crippen LogP contribution is -3.00. The first-order valence-electron chi connectivity index (χ1n) is 4.43. The molecular formula is C9H16BrO2P. The fraction of sp³-hybridized carbons (Fsp3) is 0.778. The van der Waals surface area contributed by atoms with E-state index >= 15 is 0 Å². The predicted octanol–water partition coefficient (Wildman–Crippen LogP) is -0.860. The fourth-order valence-corrected chi connectivity index (χ4v) is 4.99. The molecule has 1 aliphatic heterocycles. The Morgan fingerprint density at radius 2 is 2.38 bits per heavy atom. The summed E-state index contributed by atoms with van der Waals surface area (Å²) in [5.74, 6) is 1.90. The minimum absolute atomic E-state index is 0. The van der Waals surface area contributed by atoms with Crippen LogP contribution in [0, 0.1) is 0 Å². The van der Waals surface area contributed by atoms with E-state index in [-0.39, 0.29) is 17.0 Å². The molecule has 0 bridgehead atoms. The van der Waals surface area contributed by atoms with Gasteiger partial charge in [0.05, 0.1) is 19.4 Å². The molecule has 13 heavy (non-hydrogen) atoms. The summed E-state index contributed by atoms with van der Waals surface area (Å²) in [6.07, 6.45) is 5.15. The number of hydrogen-bond donors (Lipinski definition) is 0. The zero-order chi connectivity index (χ0) is 9.03. The van der Waals surface area contributed by atoms with E-state index < -0.39 is 7.49 Å². The minimum atomic E-state index is -1.26. The van der Waals surface area contributed by atoms with Gasteiger partial charge in [-0.1, -0.05) is 0 Å². The van der Waals surface area contributed by atoms with Crippen LogP contribution in [0.1, 0.15) is 19.8 Å². The molecule has 1 saturated heterocycles. The van der Waals surface area contributed by atoms with Crippen molar-refractivity contribution in [1.82, 2.24) is 0 Å². The van der Waals surface area contributed by atoms with Crippen molar-refractivity contribution < 1.29 is 26.3 Å². The van der Waals surface area contributed by atoms with Gasteiger partial charge in [0.2, 0.25) is 0 Å². The van der Waals surface area contributed by atoms with Crippen molar-refractivity contribution in [3.8, 4) is 0 Å². The van der Waals surface area contributed by atoms with Crippen LogP contribution in [0.4, 0.5) is 0 Å². The summed E-state index contributed by atoms with van der Waals surface area (Å²) >= 11 is 0. The highest BCUT2D eigenvalue weighted by atomic mass is 79.9. The van der Waals surface area contributed by atoms with Gasteiger partial charge in [0, 0.05) is 6.08 Å². The molecule has 0 aromatic carbocycles. The Morgan fingerprint density at radius 3 is 2.92 bits per heavy atom. The van der Waals surface area contributed by atoms with Gasteiger partial charge in [0.1, 0.15) is 19.1 Å². The molecule has 1 aliphatic rings. The summed E-state index contributed by atoms with van der Waals surface area (Å²) in [5, 5.41) is 0. The van der Waals surface area contributed by atoms with Crippen molar-refractivity contribution in [2.45, 2.75) is 25.4 Å². The molecule has 1 fully saturated rings. The molecule has 0 N–H and O–H groups in total. The normalized spacial score (nSPS) is 32.0. The summed E-state index contributed by atoms with van der Waals surface area (Å²) in [5.41, 5.74) is 0.384. The maximum Gasteiger partial charge on any atom is 0.150 e. The van der Waals surface area contributed by atoms with Gasteiger partial charge in [-0.15, -0.1) is 0 Å². The van der Waals surface area contributed by atoms with Crippen LogP contribution in [-0.2, 0) is 9.32 Å². The molecule has 0 aromatic heterocycles. The van der Waals surface area contributed by atoms with E-state index in [2.05, 4.69) is 6.66 Å². The summed E-state index contributed by atoms with van der Waals surface area (Å²) < 4.78 is 5.76. The van der Waals surface area contributed by atoms with Gasteiger partial charge in [0.25, 0.3) is 0 Å². The first-order chi connectivity index (χ1) is 5.73. The second-order valence-corrected chi connectivity index (χ2v) is 7.03. The molecule has 0 amide bonds. The van der Waals surface area contributed by atoms with Crippen molar-refractivity contribution in [2.75, 3.05) is 19.4 Å². The van der Waals surface area contributed by atoms with Gasteiger partial charge >= 0.3 is 0 Å². The molecule has 2 unspecified atom stereocenters. The van der Waals surface area contributed by atoms with Crippen molar-refractivity contribution in [1.29, 1.82) is 0 Å². The molecule has 0 saturated carbocycles. The third-order valence-electron chi connectivity index (χ3n) is 2.49. The molecule has 2 atom stereocenters. The Balaban J connectivity index is 0.00000144. The van der Waals surface area contributed by atoms with E-state index in [1.807, 2.05) is 12.9 Å². The molecule has 0 aliphatic carbocycles. The van der Waals surface area contributed by atoms with Crippen LogP contribution in [0.5, 0.6) is 0 Å². The zero-order valence-corrected chi connectivity index (χ0v) is 10.6. The van der Waals surface area contributed by atoms with Gasteiger partial charge in [-0.2, -0.15) is 0 Å². The third kappa shape index (κ3) is 3.18. The Bertz CT molecular complexity index is 204. The Morgan fingerprint density at radius 1 is 1.69 bits per heavy atom. The number of hydrogen-bond acceptors (Lipinski definition) is 2. The van der Waals surface area contributed by atoms with Crippen LogP contribution in [0.2, 0.25) is 0 Å². The smallest absolute Gasteiger partial charge is 0.150 e. The van der Waals surface area contributed by atoms with E-state index in [4.69, 9.17) is 4.52 Å². The highest BCUT2D eigenvalue weighted by Crippen LogP contribution is 2.66. The quantitative estimate of drug-likeness (QED) is 0.491. The average molecular weight is 267 g/mol. The van der Waals surface area contributed by atoms with Crippen LogP contribution >= 0.6 is 7.49 Å². The van der Waals surface area contributed by atoms with Crippen LogP contribution in [-0.4, -0.2) is 31.0 Å². The van der Waals surface area contributed by atoms with Gasteiger partial charge < -0.3 is 17.0 Å². The standard InChI is InChI=1S/C9H16O2P.BrH/c1-3-11-12(2)8-4-5-9(12)6-7-10;/h6,9H,3-5,8H2,1-2H3;1H/q+1;/p-1. The van der Waals surface area contributed by atoms with Crippen molar-refractivity contribution in [3.63, 3.8) is 0 Å². The molecule has 0 spiro atoms. The highest BCUT2D eigenvalue weighted by molar-refractivity contribution is 7.71. The predicted molar refractivity (Wildman–Crippen MR) is 52.6 cm³/mol. The fourth-order valence-electron chi connectivity index (χ4n) is 1.83. The van der Waals surface area contributed by atoms with E-state index in [0.29, 0.717) is 5.66 Å². The molecule has 4 heteroatoms. The molecular weight excluding hydrogens is 251 g/mol. The van der Waals surface area contributed by atoms with Crippen molar-refractivity contribution in [2.24, 2.45) is 0 Å². The largest absolute Gasteiger partial charge is 1.00 e. The van der Waals surface area contributed by atoms with Crippen molar-refractivity contribution >= 4 is 13.4 Å². The summed E-state index contributed by atoms with van der Waals surface area (Å²) in [6.45, 7) is 4.99. The van der Waals surface area contributed by atoms with Crippen LogP contribution in [0.25, 0.3) is 0 Å². The Kier molecular flexibility index (Phi) is 6.07. The Hall–Kier alpha value is 0.320. The number of rotatable bonds is 3. The van der Waals surface area contributed by atoms with Crippen LogP contribution < -0.4 is 17.0 Å². The van der Waals surface area contributed by atoms with Gasteiger partial charge in [0.15, 0.2) is 0 Å². The maximum absolute atomic E-state index is 10.2. The molecule has 76 valence electrons. The van der Waals surface area contributed by atoms with E-state index in [1.165, 1.54) is 12.6 Å². The molecule has 2 nitrogen and oxygen atoms in total. The monoisotopic (exact) mass is 266 g/mol. The lowest BCUT2D eigenvalue weighted by atomic mass is 10.2. The van der Waals surface area contributed by atoms with E-state index in [1.54, 1.807) is 6.08 Å². The van der Waals surface area contributed by atoms with Gasteiger partial charge in [-0.25, -0.2) is 9.32 Å². The first-order valence-corrected chi connectivity index (χ1v) is 6.84. The van der Waals surface area contributed by atoms with Crippen molar-refractivity contribution in [3.05, 3.63) is 6.08 Å². The second-order valence-electron chi connectivity index (χ2n) is 3.31. The van der Waals surface area contributed by atoms with E-state index in [0.717, 1.165) is 13.0 Å². The SMILES string of the molecule is CCO[P+]1(C)CCCC1C=C=O.[Br-]. The average Bonchev–Trinajstić information content (AvgIpc) is 2.35. The third-order valence-corrected chi connectivity index (χ3v) is 6.35. The maximum atomic E-state index is 10.2. The molecule has 1 heterocycles. The lowest BCUT2D eigenvalue weighted by Gasteiger charge is -2.19. The number of halogens is 1. The van der Waals surface area contributed by atoms with Gasteiger partial charge in [-0.05, 0) is 19.8 Å². The minimum Gasteiger partial charge on any atom is -1.00 e. The highest BCUT2D eigenvalue weighted by Gasteiger charge is 2.46. The number of carbonyl (C=O) groups excluding carboxylic acids is 1. The van der Waals surface area contributed by atoms with Crippen LogP contribution in [0.3, 0.4) is 0 Å². The van der Waals surface area contributed by atoms with E-state index in [9.17, 15) is 4.79 Å².